The van der Waals surface area contributed by atoms with Crippen molar-refractivity contribution in [3.8, 4) is 5.75 Å². The van der Waals surface area contributed by atoms with Gasteiger partial charge in [0.05, 0.1) is 7.11 Å². The largest absolute Gasteiger partial charge is 0.497 e. The van der Waals surface area contributed by atoms with Crippen LogP contribution in [0.4, 0.5) is 0 Å². The molecule has 1 heterocycles. The van der Waals surface area contributed by atoms with Crippen LogP contribution in [-0.4, -0.2) is 7.11 Å². The Hall–Kier alpha value is -1.95. The zero-order valence-electron chi connectivity index (χ0n) is 8.65. The van der Waals surface area contributed by atoms with Crippen molar-refractivity contribution in [1.29, 1.82) is 0 Å². The maximum absolute atomic E-state index is 6.94. The van der Waals surface area contributed by atoms with Gasteiger partial charge in [-0.25, -0.2) is 6.57 Å². The third-order valence-corrected chi connectivity index (χ3v) is 2.35. The van der Waals surface area contributed by atoms with Crippen LogP contribution in [0.15, 0.2) is 28.7 Å². The molecule has 1 atom stereocenters. The normalized spacial score (nSPS) is 12.3. The van der Waals surface area contributed by atoms with E-state index in [1.807, 2.05) is 31.2 Å². The molecule has 0 bridgehead atoms. The molecule has 3 heteroatoms. The highest BCUT2D eigenvalue weighted by Crippen LogP contribution is 2.28. The third kappa shape index (κ3) is 1.66. The van der Waals surface area contributed by atoms with E-state index < -0.39 is 0 Å². The van der Waals surface area contributed by atoms with E-state index in [1.165, 1.54) is 0 Å². The van der Waals surface area contributed by atoms with E-state index in [-0.39, 0.29) is 6.04 Å². The van der Waals surface area contributed by atoms with Crippen molar-refractivity contribution < 1.29 is 9.15 Å². The van der Waals surface area contributed by atoms with Crippen molar-refractivity contribution >= 4 is 11.0 Å². The molecule has 0 amide bonds. The van der Waals surface area contributed by atoms with Crippen molar-refractivity contribution in [2.75, 3.05) is 7.11 Å². The van der Waals surface area contributed by atoms with Gasteiger partial charge in [-0.05, 0) is 18.2 Å². The lowest BCUT2D eigenvalue weighted by Crippen LogP contribution is -1.80. The summed E-state index contributed by atoms with van der Waals surface area (Å²) in [5.74, 6) is 1.46. The molecule has 15 heavy (non-hydrogen) atoms. The fourth-order valence-electron chi connectivity index (χ4n) is 1.43. The van der Waals surface area contributed by atoms with Gasteiger partial charge in [0, 0.05) is 18.4 Å². The lowest BCUT2D eigenvalue weighted by atomic mass is 10.2. The molecule has 76 valence electrons. The first kappa shape index (κ1) is 9.60. The molecule has 0 fully saturated rings. The smallest absolute Gasteiger partial charge is 0.277 e. The van der Waals surface area contributed by atoms with E-state index in [9.17, 15) is 0 Å². The summed E-state index contributed by atoms with van der Waals surface area (Å²) >= 11 is 0. The minimum absolute atomic E-state index is 0.233. The Morgan fingerprint density at radius 1 is 1.40 bits per heavy atom. The maximum atomic E-state index is 6.94. The summed E-state index contributed by atoms with van der Waals surface area (Å²) in [6.07, 6.45) is 0. The quantitative estimate of drug-likeness (QED) is 0.696. The molecule has 0 radical (unpaired) electrons. The molecular formula is C12H11NO2. The molecular weight excluding hydrogens is 190 g/mol. The SMILES string of the molecule is [C-]#[N+]C(C)c1cc2ccc(OC)cc2o1. The van der Waals surface area contributed by atoms with E-state index in [4.69, 9.17) is 15.7 Å². The second-order valence-electron chi connectivity index (χ2n) is 3.36. The van der Waals surface area contributed by atoms with Gasteiger partial charge in [-0.15, -0.1) is 0 Å². The fraction of sp³-hybridized carbons (Fsp3) is 0.250. The first-order valence-electron chi connectivity index (χ1n) is 4.68. The molecule has 0 aliphatic carbocycles. The van der Waals surface area contributed by atoms with Gasteiger partial charge in [0.1, 0.15) is 11.3 Å². The van der Waals surface area contributed by atoms with E-state index in [0.717, 1.165) is 16.7 Å². The van der Waals surface area contributed by atoms with E-state index in [0.29, 0.717) is 5.76 Å². The number of benzene rings is 1. The summed E-state index contributed by atoms with van der Waals surface area (Å²) in [6.45, 7) is 8.76. The number of ether oxygens (including phenoxy) is 1. The number of nitrogens with zero attached hydrogens (tertiary/aromatic N) is 1. The van der Waals surface area contributed by atoms with E-state index >= 15 is 0 Å². The van der Waals surface area contributed by atoms with Crippen LogP contribution in [0.1, 0.15) is 18.7 Å². The number of furan rings is 1. The van der Waals surface area contributed by atoms with E-state index in [2.05, 4.69) is 4.85 Å². The molecule has 0 aliphatic rings. The van der Waals surface area contributed by atoms with Crippen LogP contribution in [0, 0.1) is 6.57 Å². The van der Waals surface area contributed by atoms with Crippen molar-refractivity contribution in [2.45, 2.75) is 13.0 Å². The van der Waals surface area contributed by atoms with Crippen LogP contribution in [-0.2, 0) is 0 Å². The van der Waals surface area contributed by atoms with Crippen LogP contribution >= 0.6 is 0 Å². The number of hydrogen-bond donors (Lipinski definition) is 0. The van der Waals surface area contributed by atoms with Crippen LogP contribution in [0.3, 0.4) is 0 Å². The molecule has 0 saturated carbocycles. The lowest BCUT2D eigenvalue weighted by Gasteiger charge is -1.96. The van der Waals surface area contributed by atoms with Crippen LogP contribution < -0.4 is 4.74 Å². The minimum atomic E-state index is -0.233. The predicted octanol–water partition coefficient (Wildman–Crippen LogP) is 3.42. The highest BCUT2D eigenvalue weighted by Gasteiger charge is 2.14. The molecule has 3 nitrogen and oxygen atoms in total. The zero-order chi connectivity index (χ0) is 10.8. The Labute approximate surface area is 88.1 Å². The van der Waals surface area contributed by atoms with Crippen LogP contribution in [0.25, 0.3) is 15.8 Å². The lowest BCUT2D eigenvalue weighted by molar-refractivity contribution is 0.414. The van der Waals surface area contributed by atoms with Gasteiger partial charge >= 0.3 is 0 Å². The average molecular weight is 201 g/mol. The molecule has 0 saturated heterocycles. The second-order valence-corrected chi connectivity index (χ2v) is 3.36. The summed E-state index contributed by atoms with van der Waals surface area (Å²) in [4.78, 5) is 3.42. The molecule has 2 aromatic rings. The maximum Gasteiger partial charge on any atom is 0.277 e. The van der Waals surface area contributed by atoms with Crippen molar-refractivity contribution in [3.05, 3.63) is 41.4 Å². The Morgan fingerprint density at radius 2 is 2.20 bits per heavy atom. The monoisotopic (exact) mass is 201 g/mol. The zero-order valence-corrected chi connectivity index (χ0v) is 8.65. The molecule has 0 spiro atoms. The Morgan fingerprint density at radius 3 is 2.87 bits per heavy atom. The highest BCUT2D eigenvalue weighted by atomic mass is 16.5. The van der Waals surface area contributed by atoms with Gasteiger partial charge in [-0.2, -0.15) is 0 Å². The Kier molecular flexibility index (Phi) is 2.34. The van der Waals surface area contributed by atoms with Crippen LogP contribution in [0.2, 0.25) is 0 Å². The van der Waals surface area contributed by atoms with Gasteiger partial charge in [0.2, 0.25) is 0 Å². The van der Waals surface area contributed by atoms with Crippen molar-refractivity contribution in [1.82, 2.24) is 0 Å². The minimum Gasteiger partial charge on any atom is -0.497 e. The van der Waals surface area contributed by atoms with Gasteiger partial charge < -0.3 is 14.0 Å². The number of fused-ring (bicyclic) bond motifs is 1. The first-order chi connectivity index (χ1) is 7.24. The van der Waals surface area contributed by atoms with Crippen LogP contribution in [0.5, 0.6) is 5.75 Å². The Balaban J connectivity index is 2.52. The van der Waals surface area contributed by atoms with Gasteiger partial charge in [0.25, 0.3) is 6.04 Å². The highest BCUT2D eigenvalue weighted by molar-refractivity contribution is 5.79. The molecule has 1 unspecified atom stereocenters. The number of hydrogen-bond acceptors (Lipinski definition) is 2. The molecule has 0 aliphatic heterocycles. The molecule has 2 rings (SSSR count). The summed E-state index contributed by atoms with van der Waals surface area (Å²) < 4.78 is 10.7. The second kappa shape index (κ2) is 3.66. The van der Waals surface area contributed by atoms with Gasteiger partial charge in [-0.3, -0.25) is 0 Å². The van der Waals surface area contributed by atoms with Gasteiger partial charge in [0.15, 0.2) is 5.76 Å². The third-order valence-electron chi connectivity index (χ3n) is 2.35. The summed E-state index contributed by atoms with van der Waals surface area (Å²) in [5, 5.41) is 1.00. The fourth-order valence-corrected chi connectivity index (χ4v) is 1.43. The van der Waals surface area contributed by atoms with E-state index in [1.54, 1.807) is 7.11 Å². The predicted molar refractivity (Wildman–Crippen MR) is 57.8 cm³/mol. The van der Waals surface area contributed by atoms with Crippen molar-refractivity contribution in [2.24, 2.45) is 0 Å². The molecule has 1 aromatic heterocycles. The first-order valence-corrected chi connectivity index (χ1v) is 4.68. The standard InChI is InChI=1S/C12H11NO2/c1-8(13-2)11-6-9-4-5-10(14-3)7-12(9)15-11/h4-8H,1,3H3. The Bertz CT molecular complexity index is 522. The summed E-state index contributed by atoms with van der Waals surface area (Å²) in [7, 11) is 1.62. The molecule has 1 aromatic carbocycles. The summed E-state index contributed by atoms with van der Waals surface area (Å²) in [5.41, 5.74) is 0.764. The number of rotatable bonds is 2. The topological polar surface area (TPSA) is 26.7 Å². The average Bonchev–Trinajstić information content (AvgIpc) is 2.70. The number of methoxy groups -OCH3 is 1. The summed E-state index contributed by atoms with van der Waals surface area (Å²) in [6, 6.07) is 7.30. The molecule has 0 N–H and O–H groups in total. The van der Waals surface area contributed by atoms with Gasteiger partial charge in [-0.1, -0.05) is 0 Å². The van der Waals surface area contributed by atoms with Crippen molar-refractivity contribution in [3.63, 3.8) is 0 Å².